The van der Waals surface area contributed by atoms with Gasteiger partial charge in [-0.3, -0.25) is 4.79 Å². The molecule has 1 rings (SSSR count). The molecule has 0 bridgehead atoms. The summed E-state index contributed by atoms with van der Waals surface area (Å²) in [6.07, 6.45) is 1.85. The molecule has 1 saturated heterocycles. The molecule has 1 fully saturated rings. The molecule has 1 N–H and O–H groups in total. The standard InChI is InChI=1S/C13H21N3O2/c1-9(2)15-13(17)12(5-14)8-16-6-10(3)18-11(4)7-16/h8-11H,6-7H2,1-4H3,(H,15,17)/b12-8-. The highest BCUT2D eigenvalue weighted by atomic mass is 16.5. The first-order chi connectivity index (χ1) is 8.42. The van der Waals surface area contributed by atoms with Gasteiger partial charge in [0, 0.05) is 25.3 Å². The SMILES string of the molecule is CC(C)NC(=O)/C(C#N)=C\N1CC(C)OC(C)C1. The summed E-state index contributed by atoms with van der Waals surface area (Å²) in [5.41, 5.74) is 0.144. The summed E-state index contributed by atoms with van der Waals surface area (Å²) >= 11 is 0. The highest BCUT2D eigenvalue weighted by Crippen LogP contribution is 2.12. The number of hydrogen-bond acceptors (Lipinski definition) is 4. The van der Waals surface area contributed by atoms with Gasteiger partial charge in [-0.25, -0.2) is 0 Å². The van der Waals surface area contributed by atoms with E-state index in [0.717, 1.165) is 0 Å². The fourth-order valence-corrected chi connectivity index (χ4v) is 1.98. The molecule has 18 heavy (non-hydrogen) atoms. The summed E-state index contributed by atoms with van der Waals surface area (Å²) < 4.78 is 5.60. The molecule has 0 radical (unpaired) electrons. The van der Waals surface area contributed by atoms with Gasteiger partial charge < -0.3 is 15.0 Å². The Morgan fingerprint density at radius 3 is 2.44 bits per heavy atom. The number of carbonyl (C=O) groups is 1. The second-order valence-corrected chi connectivity index (χ2v) is 4.99. The van der Waals surface area contributed by atoms with Gasteiger partial charge in [-0.05, 0) is 27.7 Å². The Bertz CT molecular complexity index is 361. The molecule has 0 aliphatic carbocycles. The first-order valence-corrected chi connectivity index (χ1v) is 6.24. The number of ether oxygens (including phenoxy) is 1. The normalized spacial score (nSPS) is 24.9. The van der Waals surface area contributed by atoms with Gasteiger partial charge in [-0.1, -0.05) is 0 Å². The van der Waals surface area contributed by atoms with Crippen LogP contribution >= 0.6 is 0 Å². The molecule has 1 aliphatic heterocycles. The van der Waals surface area contributed by atoms with Crippen LogP contribution in [0.4, 0.5) is 0 Å². The molecule has 0 spiro atoms. The van der Waals surface area contributed by atoms with Gasteiger partial charge >= 0.3 is 0 Å². The number of nitriles is 1. The van der Waals surface area contributed by atoms with Crippen molar-refractivity contribution in [2.45, 2.75) is 45.9 Å². The van der Waals surface area contributed by atoms with Gasteiger partial charge in [0.1, 0.15) is 11.6 Å². The van der Waals surface area contributed by atoms with Crippen LogP contribution in [-0.4, -0.2) is 42.1 Å². The van der Waals surface area contributed by atoms with Crippen LogP contribution in [0.5, 0.6) is 0 Å². The lowest BCUT2D eigenvalue weighted by atomic mass is 10.2. The zero-order chi connectivity index (χ0) is 13.7. The summed E-state index contributed by atoms with van der Waals surface area (Å²) in [6, 6.07) is 1.98. The maximum absolute atomic E-state index is 11.8. The van der Waals surface area contributed by atoms with Gasteiger partial charge in [-0.2, -0.15) is 5.26 Å². The van der Waals surface area contributed by atoms with E-state index in [-0.39, 0.29) is 29.7 Å². The van der Waals surface area contributed by atoms with E-state index in [4.69, 9.17) is 10.00 Å². The highest BCUT2D eigenvalue weighted by Gasteiger charge is 2.21. The van der Waals surface area contributed by atoms with Crippen molar-refractivity contribution in [2.75, 3.05) is 13.1 Å². The molecule has 0 saturated carbocycles. The molecular formula is C13H21N3O2. The highest BCUT2D eigenvalue weighted by molar-refractivity contribution is 5.97. The minimum absolute atomic E-state index is 0.0248. The smallest absolute Gasteiger partial charge is 0.263 e. The Balaban J connectivity index is 2.72. The van der Waals surface area contributed by atoms with Gasteiger partial charge in [0.05, 0.1) is 12.2 Å². The number of nitrogens with zero attached hydrogens (tertiary/aromatic N) is 2. The molecule has 5 nitrogen and oxygen atoms in total. The second-order valence-electron chi connectivity index (χ2n) is 4.99. The summed E-state index contributed by atoms with van der Waals surface area (Å²) in [7, 11) is 0. The number of carbonyl (C=O) groups excluding carboxylic acids is 1. The van der Waals surface area contributed by atoms with Crippen LogP contribution in [0.3, 0.4) is 0 Å². The molecule has 1 aliphatic rings. The lowest BCUT2D eigenvalue weighted by Gasteiger charge is -2.34. The lowest BCUT2D eigenvalue weighted by molar-refractivity contribution is -0.117. The van der Waals surface area contributed by atoms with E-state index < -0.39 is 0 Å². The fourth-order valence-electron chi connectivity index (χ4n) is 1.98. The van der Waals surface area contributed by atoms with Crippen molar-refractivity contribution in [3.8, 4) is 6.07 Å². The zero-order valence-electron chi connectivity index (χ0n) is 11.4. The summed E-state index contributed by atoms with van der Waals surface area (Å²) in [5, 5.41) is 11.8. The molecule has 5 heteroatoms. The Hall–Kier alpha value is -1.54. The summed E-state index contributed by atoms with van der Waals surface area (Å²) in [6.45, 7) is 9.10. The van der Waals surface area contributed by atoms with Crippen molar-refractivity contribution in [2.24, 2.45) is 0 Å². The number of hydrogen-bond donors (Lipinski definition) is 1. The van der Waals surface area contributed by atoms with Crippen LogP contribution in [0.1, 0.15) is 27.7 Å². The third-order valence-corrected chi connectivity index (χ3v) is 2.54. The maximum Gasteiger partial charge on any atom is 0.263 e. The zero-order valence-corrected chi connectivity index (χ0v) is 11.4. The second kappa shape index (κ2) is 6.41. The van der Waals surface area contributed by atoms with Crippen molar-refractivity contribution in [1.29, 1.82) is 5.26 Å². The van der Waals surface area contributed by atoms with Crippen LogP contribution in [-0.2, 0) is 9.53 Å². The van der Waals surface area contributed by atoms with Crippen LogP contribution in [0.25, 0.3) is 0 Å². The van der Waals surface area contributed by atoms with Gasteiger partial charge in [0.25, 0.3) is 5.91 Å². The van der Waals surface area contributed by atoms with Crippen molar-refractivity contribution >= 4 is 5.91 Å². The number of amides is 1. The van der Waals surface area contributed by atoms with E-state index in [1.807, 2.05) is 38.7 Å². The molecular weight excluding hydrogens is 230 g/mol. The van der Waals surface area contributed by atoms with E-state index in [9.17, 15) is 4.79 Å². The Kier molecular flexibility index (Phi) is 5.17. The minimum atomic E-state index is -0.320. The van der Waals surface area contributed by atoms with Crippen molar-refractivity contribution in [3.05, 3.63) is 11.8 Å². The Labute approximate surface area is 108 Å². The Morgan fingerprint density at radius 1 is 1.44 bits per heavy atom. The van der Waals surface area contributed by atoms with Crippen LogP contribution in [0.15, 0.2) is 11.8 Å². The van der Waals surface area contributed by atoms with E-state index in [1.165, 1.54) is 0 Å². The first-order valence-electron chi connectivity index (χ1n) is 6.24. The molecule has 2 unspecified atom stereocenters. The summed E-state index contributed by atoms with van der Waals surface area (Å²) in [4.78, 5) is 13.7. The largest absolute Gasteiger partial charge is 0.372 e. The predicted molar refractivity (Wildman–Crippen MR) is 68.6 cm³/mol. The average molecular weight is 251 g/mol. The molecule has 2 atom stereocenters. The molecule has 100 valence electrons. The monoisotopic (exact) mass is 251 g/mol. The van der Waals surface area contributed by atoms with E-state index in [2.05, 4.69) is 5.32 Å². The topological polar surface area (TPSA) is 65.4 Å². The van der Waals surface area contributed by atoms with Gasteiger partial charge in [0.15, 0.2) is 0 Å². The van der Waals surface area contributed by atoms with Crippen molar-refractivity contribution < 1.29 is 9.53 Å². The average Bonchev–Trinajstić information content (AvgIpc) is 2.23. The summed E-state index contributed by atoms with van der Waals surface area (Å²) in [5.74, 6) is -0.320. The minimum Gasteiger partial charge on any atom is -0.372 e. The first kappa shape index (κ1) is 14.5. The Morgan fingerprint density at radius 2 is 2.00 bits per heavy atom. The molecule has 0 aromatic rings. The fraction of sp³-hybridized carbons (Fsp3) is 0.692. The van der Waals surface area contributed by atoms with Gasteiger partial charge in [-0.15, -0.1) is 0 Å². The quantitative estimate of drug-likeness (QED) is 0.601. The van der Waals surface area contributed by atoms with Gasteiger partial charge in [0.2, 0.25) is 0 Å². The molecule has 0 aromatic carbocycles. The number of rotatable bonds is 3. The van der Waals surface area contributed by atoms with Crippen LogP contribution < -0.4 is 5.32 Å². The third kappa shape index (κ3) is 4.38. The van der Waals surface area contributed by atoms with Crippen LogP contribution in [0, 0.1) is 11.3 Å². The lowest BCUT2D eigenvalue weighted by Crippen LogP contribution is -2.43. The number of morpholine rings is 1. The van der Waals surface area contributed by atoms with E-state index in [1.54, 1.807) is 6.20 Å². The van der Waals surface area contributed by atoms with Crippen molar-refractivity contribution in [3.63, 3.8) is 0 Å². The number of nitrogens with one attached hydrogen (secondary N) is 1. The third-order valence-electron chi connectivity index (χ3n) is 2.54. The molecule has 1 heterocycles. The van der Waals surface area contributed by atoms with Crippen LogP contribution in [0.2, 0.25) is 0 Å². The van der Waals surface area contributed by atoms with E-state index in [0.29, 0.717) is 13.1 Å². The van der Waals surface area contributed by atoms with Crippen molar-refractivity contribution in [1.82, 2.24) is 10.2 Å². The van der Waals surface area contributed by atoms with E-state index >= 15 is 0 Å². The molecule has 1 amide bonds. The molecule has 0 aromatic heterocycles. The maximum atomic E-state index is 11.8. The predicted octanol–water partition coefficient (Wildman–Crippen LogP) is 1.03.